The lowest BCUT2D eigenvalue weighted by atomic mass is 10.2. The summed E-state index contributed by atoms with van der Waals surface area (Å²) >= 11 is 13.2. The van der Waals surface area contributed by atoms with Crippen LogP contribution in [0.4, 0.5) is 5.69 Å². The molecule has 9 nitrogen and oxygen atoms in total. The van der Waals surface area contributed by atoms with Crippen molar-refractivity contribution in [1.29, 1.82) is 0 Å². The SMILES string of the molecule is C=CCn1c(SCC(=O)Nc2cccc(Cl)c2Cl)nnc1[C@H](CO)NC(=O)c1ccc(OC)cc1. The second-order valence-corrected chi connectivity index (χ2v) is 8.84. The number of nitrogens with one attached hydrogen (secondary N) is 2. The van der Waals surface area contributed by atoms with Crippen LogP contribution in [0.25, 0.3) is 0 Å². The molecule has 1 atom stereocenters. The number of thioether (sulfide) groups is 1. The molecule has 2 aromatic carbocycles. The number of hydrogen-bond donors (Lipinski definition) is 3. The molecule has 0 aliphatic rings. The second kappa shape index (κ2) is 12.6. The molecular weight excluding hydrogens is 513 g/mol. The van der Waals surface area contributed by atoms with Crippen molar-refractivity contribution < 1.29 is 19.4 Å². The molecule has 3 N–H and O–H groups in total. The average Bonchev–Trinajstić information content (AvgIpc) is 3.26. The highest BCUT2D eigenvalue weighted by Gasteiger charge is 2.23. The Bertz CT molecular complexity index is 1200. The zero-order chi connectivity index (χ0) is 25.4. The molecule has 0 bridgehead atoms. The summed E-state index contributed by atoms with van der Waals surface area (Å²) in [5.41, 5.74) is 0.796. The number of nitrogens with zero attached hydrogens (tertiary/aromatic N) is 3. The van der Waals surface area contributed by atoms with Crippen molar-refractivity contribution in [3.8, 4) is 5.75 Å². The summed E-state index contributed by atoms with van der Waals surface area (Å²) in [6.07, 6.45) is 1.63. The fourth-order valence-electron chi connectivity index (χ4n) is 3.06. The van der Waals surface area contributed by atoms with Crippen LogP contribution in [0.15, 0.2) is 60.3 Å². The van der Waals surface area contributed by atoms with Crippen LogP contribution in [0.1, 0.15) is 22.2 Å². The molecule has 3 rings (SSSR count). The van der Waals surface area contributed by atoms with Gasteiger partial charge in [-0.2, -0.15) is 0 Å². The van der Waals surface area contributed by atoms with E-state index < -0.39 is 18.6 Å². The topological polar surface area (TPSA) is 118 Å². The Hall–Kier alpha value is -3.05. The summed E-state index contributed by atoms with van der Waals surface area (Å²) in [7, 11) is 1.54. The van der Waals surface area contributed by atoms with Crippen molar-refractivity contribution in [1.82, 2.24) is 20.1 Å². The van der Waals surface area contributed by atoms with Crippen LogP contribution in [-0.2, 0) is 11.3 Å². The van der Waals surface area contributed by atoms with Crippen LogP contribution < -0.4 is 15.4 Å². The number of aliphatic hydroxyl groups is 1. The summed E-state index contributed by atoms with van der Waals surface area (Å²) in [4.78, 5) is 25.1. The Kier molecular flexibility index (Phi) is 9.55. The molecule has 35 heavy (non-hydrogen) atoms. The maximum absolute atomic E-state index is 12.7. The van der Waals surface area contributed by atoms with Crippen LogP contribution in [0.2, 0.25) is 10.0 Å². The smallest absolute Gasteiger partial charge is 0.251 e. The molecular formula is C23H23Cl2N5O4S. The van der Waals surface area contributed by atoms with Crippen molar-refractivity contribution in [2.45, 2.75) is 17.7 Å². The number of aromatic nitrogens is 3. The number of allylic oxidation sites excluding steroid dienone is 1. The third-order valence-corrected chi connectivity index (χ3v) is 6.55. The molecule has 12 heteroatoms. The lowest BCUT2D eigenvalue weighted by Gasteiger charge is -2.17. The van der Waals surface area contributed by atoms with E-state index in [0.29, 0.717) is 39.5 Å². The zero-order valence-electron chi connectivity index (χ0n) is 18.7. The van der Waals surface area contributed by atoms with E-state index in [9.17, 15) is 14.7 Å². The summed E-state index contributed by atoms with van der Waals surface area (Å²) in [5, 5.41) is 24.7. The minimum atomic E-state index is -0.828. The maximum Gasteiger partial charge on any atom is 0.251 e. The monoisotopic (exact) mass is 535 g/mol. The quantitative estimate of drug-likeness (QED) is 0.251. The van der Waals surface area contributed by atoms with Gasteiger partial charge in [-0.15, -0.1) is 16.8 Å². The van der Waals surface area contributed by atoms with E-state index in [0.717, 1.165) is 11.8 Å². The fraction of sp³-hybridized carbons (Fsp3) is 0.217. The van der Waals surface area contributed by atoms with Gasteiger partial charge in [0.25, 0.3) is 5.91 Å². The summed E-state index contributed by atoms with van der Waals surface area (Å²) in [6, 6.07) is 10.7. The molecule has 184 valence electrons. The van der Waals surface area contributed by atoms with Crippen LogP contribution in [0.3, 0.4) is 0 Å². The first-order valence-corrected chi connectivity index (χ1v) is 12.1. The minimum absolute atomic E-state index is 0.0140. The van der Waals surface area contributed by atoms with E-state index in [1.807, 2.05) is 0 Å². The van der Waals surface area contributed by atoms with Crippen molar-refractivity contribution >= 4 is 52.5 Å². The van der Waals surface area contributed by atoms with Gasteiger partial charge in [-0.1, -0.05) is 47.1 Å². The first-order chi connectivity index (χ1) is 16.9. The van der Waals surface area contributed by atoms with Gasteiger partial charge < -0.3 is 25.0 Å². The third kappa shape index (κ3) is 6.76. The molecule has 0 fully saturated rings. The van der Waals surface area contributed by atoms with E-state index in [4.69, 9.17) is 27.9 Å². The molecule has 1 heterocycles. The predicted molar refractivity (Wildman–Crippen MR) is 136 cm³/mol. The van der Waals surface area contributed by atoms with Crippen LogP contribution in [0, 0.1) is 0 Å². The Balaban J connectivity index is 1.71. The van der Waals surface area contributed by atoms with Crippen molar-refractivity contribution in [3.63, 3.8) is 0 Å². The highest BCUT2D eigenvalue weighted by Crippen LogP contribution is 2.30. The number of anilines is 1. The zero-order valence-corrected chi connectivity index (χ0v) is 21.0. The molecule has 0 radical (unpaired) electrons. The Labute approximate surface area is 216 Å². The van der Waals surface area contributed by atoms with Crippen LogP contribution in [0.5, 0.6) is 5.75 Å². The Morgan fingerprint density at radius 1 is 1.23 bits per heavy atom. The first-order valence-electron chi connectivity index (χ1n) is 10.3. The second-order valence-electron chi connectivity index (χ2n) is 7.12. The number of methoxy groups -OCH3 is 1. The van der Waals surface area contributed by atoms with Gasteiger partial charge >= 0.3 is 0 Å². The van der Waals surface area contributed by atoms with Crippen molar-refractivity contribution in [2.24, 2.45) is 0 Å². The fourth-order valence-corrected chi connectivity index (χ4v) is 4.16. The predicted octanol–water partition coefficient (Wildman–Crippen LogP) is 3.97. The standard InChI is InChI=1S/C23H23Cl2N5O4S/c1-3-11-30-21(18(12-31)27-22(33)14-7-9-15(34-2)10-8-14)28-29-23(30)35-13-19(32)26-17-6-4-5-16(24)20(17)25/h3-10,18,31H,1,11-13H2,2H3,(H,26,32)(H,27,33)/t18-/m0/s1. The highest BCUT2D eigenvalue weighted by atomic mass is 35.5. The number of aliphatic hydroxyl groups excluding tert-OH is 1. The minimum Gasteiger partial charge on any atom is -0.497 e. The number of rotatable bonds is 11. The lowest BCUT2D eigenvalue weighted by Crippen LogP contribution is -2.33. The molecule has 0 unspecified atom stereocenters. The molecule has 0 saturated carbocycles. The highest BCUT2D eigenvalue weighted by molar-refractivity contribution is 7.99. The number of halogens is 2. The van der Waals surface area contributed by atoms with Crippen molar-refractivity contribution in [2.75, 3.05) is 24.8 Å². The first kappa shape index (κ1) is 26.6. The van der Waals surface area contributed by atoms with Gasteiger partial charge in [0.2, 0.25) is 5.91 Å². The Morgan fingerprint density at radius 2 is 1.97 bits per heavy atom. The van der Waals surface area contributed by atoms with E-state index in [-0.39, 0.29) is 16.7 Å². The molecule has 0 spiro atoms. The number of ether oxygens (including phenoxy) is 1. The third-order valence-electron chi connectivity index (χ3n) is 4.77. The molecule has 0 aliphatic carbocycles. The van der Waals surface area contributed by atoms with Gasteiger partial charge in [0.1, 0.15) is 11.8 Å². The van der Waals surface area contributed by atoms with E-state index in [1.165, 1.54) is 7.11 Å². The summed E-state index contributed by atoms with van der Waals surface area (Å²) in [5.74, 6) is 0.247. The van der Waals surface area contributed by atoms with Gasteiger partial charge in [-0.05, 0) is 36.4 Å². The van der Waals surface area contributed by atoms with Gasteiger partial charge in [-0.3, -0.25) is 9.59 Å². The summed E-state index contributed by atoms with van der Waals surface area (Å²) < 4.78 is 6.78. The van der Waals surface area contributed by atoms with E-state index in [2.05, 4.69) is 27.4 Å². The largest absolute Gasteiger partial charge is 0.497 e. The van der Waals surface area contributed by atoms with Crippen molar-refractivity contribution in [3.05, 3.63) is 76.6 Å². The molecule has 2 amide bonds. The number of benzene rings is 2. The molecule has 0 saturated heterocycles. The number of amides is 2. The summed E-state index contributed by atoms with van der Waals surface area (Å²) in [6.45, 7) is 3.64. The van der Waals surface area contributed by atoms with Crippen LogP contribution in [-0.4, -0.2) is 51.2 Å². The molecule has 0 aliphatic heterocycles. The van der Waals surface area contributed by atoms with Gasteiger partial charge in [0.05, 0.1) is 35.2 Å². The number of carbonyl (C=O) groups excluding carboxylic acids is 2. The van der Waals surface area contributed by atoms with Gasteiger partial charge in [-0.25, -0.2) is 0 Å². The average molecular weight is 536 g/mol. The van der Waals surface area contributed by atoms with E-state index >= 15 is 0 Å². The van der Waals surface area contributed by atoms with E-state index in [1.54, 1.807) is 53.1 Å². The Morgan fingerprint density at radius 3 is 2.63 bits per heavy atom. The van der Waals surface area contributed by atoms with Crippen LogP contribution >= 0.6 is 35.0 Å². The van der Waals surface area contributed by atoms with Gasteiger partial charge in [0, 0.05) is 12.1 Å². The molecule has 1 aromatic heterocycles. The number of carbonyl (C=O) groups is 2. The maximum atomic E-state index is 12.7. The number of hydrogen-bond acceptors (Lipinski definition) is 7. The van der Waals surface area contributed by atoms with Gasteiger partial charge in [0.15, 0.2) is 11.0 Å². The molecule has 3 aromatic rings. The normalized spacial score (nSPS) is 11.5. The lowest BCUT2D eigenvalue weighted by molar-refractivity contribution is -0.113.